The lowest BCUT2D eigenvalue weighted by atomic mass is 9.96. The molecule has 0 aliphatic rings. The maximum absolute atomic E-state index is 12.5. The van der Waals surface area contributed by atoms with E-state index in [9.17, 15) is 40.7 Å². The fraction of sp³-hybridized carbons (Fsp3) is 0.438. The van der Waals surface area contributed by atoms with Crippen LogP contribution in [0.25, 0.3) is 0 Å². The van der Waals surface area contributed by atoms with Crippen molar-refractivity contribution in [1.29, 1.82) is 0 Å². The summed E-state index contributed by atoms with van der Waals surface area (Å²) < 4.78 is 74.0. The number of hydrogen-bond donors (Lipinski definition) is 3. The van der Waals surface area contributed by atoms with Gasteiger partial charge in [-0.1, -0.05) is 19.1 Å². The highest BCUT2D eigenvalue weighted by Gasteiger charge is 2.40. The average molecular weight is 414 g/mol. The Bertz CT molecular complexity index is 715. The number of alkyl halides is 6. The number of hydrogen-bond acceptors (Lipinski definition) is 3. The predicted octanol–water partition coefficient (Wildman–Crippen LogP) is 2.89. The van der Waals surface area contributed by atoms with Crippen molar-refractivity contribution in [1.82, 2.24) is 5.32 Å². The summed E-state index contributed by atoms with van der Waals surface area (Å²) >= 11 is 0. The van der Waals surface area contributed by atoms with Crippen LogP contribution in [-0.4, -0.2) is 41.3 Å². The van der Waals surface area contributed by atoms with Crippen LogP contribution in [0.3, 0.4) is 0 Å². The van der Waals surface area contributed by atoms with Crippen molar-refractivity contribution in [2.75, 3.05) is 5.32 Å². The molecule has 2 amide bonds. The molecular formula is C16H16F6N2O4. The second-order valence-electron chi connectivity index (χ2n) is 6.00. The van der Waals surface area contributed by atoms with E-state index in [1.165, 1.54) is 19.1 Å². The first-order valence-electron chi connectivity index (χ1n) is 7.77. The molecule has 0 bridgehead atoms. The molecule has 1 rings (SSSR count). The maximum Gasteiger partial charge on any atom is 0.471 e. The lowest BCUT2D eigenvalue weighted by Gasteiger charge is -2.21. The monoisotopic (exact) mass is 414 g/mol. The number of carboxylic acids is 1. The van der Waals surface area contributed by atoms with Crippen LogP contribution in [0.15, 0.2) is 24.3 Å². The van der Waals surface area contributed by atoms with Crippen LogP contribution in [0.1, 0.15) is 18.9 Å². The van der Waals surface area contributed by atoms with Gasteiger partial charge in [0.05, 0.1) is 5.92 Å². The molecule has 0 aliphatic heterocycles. The van der Waals surface area contributed by atoms with Gasteiger partial charge in [0.1, 0.15) is 0 Å². The Balaban J connectivity index is 2.88. The summed E-state index contributed by atoms with van der Waals surface area (Å²) in [6.07, 6.45) is -10.7. The molecule has 0 heterocycles. The molecular weight excluding hydrogens is 398 g/mol. The number of nitrogens with one attached hydrogen (secondary N) is 2. The summed E-state index contributed by atoms with van der Waals surface area (Å²) in [7, 11) is 0. The second kappa shape index (κ2) is 8.93. The molecule has 28 heavy (non-hydrogen) atoms. The van der Waals surface area contributed by atoms with E-state index in [0.29, 0.717) is 5.56 Å². The molecule has 6 nitrogen and oxygen atoms in total. The molecule has 3 N–H and O–H groups in total. The standard InChI is InChI=1S/C16H16F6N2O4/c1-8(12(25)26)6-11(24-14(28)16(20,21)22)7-9-2-4-10(5-3-9)23-13(27)15(17,18)19/h2-5,8,11H,6-7H2,1H3,(H,23,27)(H,24,28)(H,25,26)/t8-,11-/m1/s1. The van der Waals surface area contributed by atoms with Gasteiger partial charge < -0.3 is 15.7 Å². The van der Waals surface area contributed by atoms with Crippen LogP contribution in [-0.2, 0) is 20.8 Å². The van der Waals surface area contributed by atoms with E-state index in [4.69, 9.17) is 5.11 Å². The molecule has 0 saturated heterocycles. The van der Waals surface area contributed by atoms with Crippen LogP contribution >= 0.6 is 0 Å². The molecule has 0 spiro atoms. The third-order valence-electron chi connectivity index (χ3n) is 3.60. The molecule has 0 unspecified atom stereocenters. The Kier molecular flexibility index (Phi) is 7.42. The molecule has 0 fully saturated rings. The van der Waals surface area contributed by atoms with Gasteiger partial charge in [0.15, 0.2) is 0 Å². The van der Waals surface area contributed by atoms with Gasteiger partial charge in [-0.3, -0.25) is 14.4 Å². The summed E-state index contributed by atoms with van der Waals surface area (Å²) in [5.74, 6) is -6.74. The van der Waals surface area contributed by atoms with Crippen molar-refractivity contribution in [3.8, 4) is 0 Å². The largest absolute Gasteiger partial charge is 0.481 e. The Morgan fingerprint density at radius 2 is 1.46 bits per heavy atom. The van der Waals surface area contributed by atoms with Gasteiger partial charge in [-0.2, -0.15) is 26.3 Å². The van der Waals surface area contributed by atoms with Crippen molar-refractivity contribution >= 4 is 23.5 Å². The molecule has 0 aromatic heterocycles. The van der Waals surface area contributed by atoms with Gasteiger partial charge in [-0.15, -0.1) is 0 Å². The predicted molar refractivity (Wildman–Crippen MR) is 84.2 cm³/mol. The normalized spacial score (nSPS) is 14.1. The van der Waals surface area contributed by atoms with E-state index in [1.54, 1.807) is 10.6 Å². The Morgan fingerprint density at radius 1 is 0.964 bits per heavy atom. The Morgan fingerprint density at radius 3 is 1.89 bits per heavy atom. The fourth-order valence-electron chi connectivity index (χ4n) is 2.20. The molecule has 12 heteroatoms. The first-order valence-corrected chi connectivity index (χ1v) is 7.77. The number of amides is 2. The molecule has 1 aromatic rings. The minimum atomic E-state index is -5.16. The van der Waals surface area contributed by atoms with Crippen molar-refractivity contribution in [3.05, 3.63) is 29.8 Å². The third kappa shape index (κ3) is 7.45. The van der Waals surface area contributed by atoms with Crippen LogP contribution in [0.4, 0.5) is 32.0 Å². The van der Waals surface area contributed by atoms with E-state index in [1.807, 2.05) is 0 Å². The number of benzene rings is 1. The van der Waals surface area contributed by atoms with Gasteiger partial charge in [0.2, 0.25) is 0 Å². The van der Waals surface area contributed by atoms with Crippen LogP contribution < -0.4 is 10.6 Å². The number of carbonyl (C=O) groups excluding carboxylic acids is 2. The molecule has 0 radical (unpaired) electrons. The molecule has 2 atom stereocenters. The topological polar surface area (TPSA) is 95.5 Å². The van der Waals surface area contributed by atoms with Crippen LogP contribution in [0.5, 0.6) is 0 Å². The van der Waals surface area contributed by atoms with Crippen molar-refractivity contribution in [2.45, 2.75) is 38.2 Å². The molecule has 0 saturated carbocycles. The Labute approximate surface area is 154 Å². The highest BCUT2D eigenvalue weighted by molar-refractivity contribution is 5.94. The zero-order valence-corrected chi connectivity index (χ0v) is 14.3. The first kappa shape index (κ1) is 23.2. The zero-order chi connectivity index (χ0) is 21.7. The number of halogens is 6. The lowest BCUT2D eigenvalue weighted by molar-refractivity contribution is -0.174. The molecule has 1 aromatic carbocycles. The number of anilines is 1. The van der Waals surface area contributed by atoms with Crippen LogP contribution in [0.2, 0.25) is 0 Å². The van der Waals surface area contributed by atoms with Gasteiger partial charge in [0, 0.05) is 11.7 Å². The maximum atomic E-state index is 12.5. The minimum absolute atomic E-state index is 0.194. The van der Waals surface area contributed by atoms with Gasteiger partial charge in [0.25, 0.3) is 0 Å². The molecule has 156 valence electrons. The summed E-state index contributed by atoms with van der Waals surface area (Å²) in [6.45, 7) is 1.25. The number of carbonyl (C=O) groups is 3. The summed E-state index contributed by atoms with van der Waals surface area (Å²) in [4.78, 5) is 32.9. The quantitative estimate of drug-likeness (QED) is 0.598. The van der Waals surface area contributed by atoms with Gasteiger partial charge >= 0.3 is 30.1 Å². The highest BCUT2D eigenvalue weighted by Crippen LogP contribution is 2.21. The summed E-state index contributed by atoms with van der Waals surface area (Å²) in [5.41, 5.74) is 0.121. The number of rotatable bonds is 7. The molecule has 0 aliphatic carbocycles. The van der Waals surface area contributed by atoms with Crippen molar-refractivity contribution in [3.63, 3.8) is 0 Å². The van der Waals surface area contributed by atoms with Crippen molar-refractivity contribution in [2.24, 2.45) is 5.92 Å². The SMILES string of the molecule is C[C@H](C[C@H](Cc1ccc(NC(=O)C(F)(F)F)cc1)NC(=O)C(F)(F)F)C(=O)O. The van der Waals surface area contributed by atoms with Gasteiger partial charge in [-0.25, -0.2) is 0 Å². The third-order valence-corrected chi connectivity index (χ3v) is 3.60. The highest BCUT2D eigenvalue weighted by atomic mass is 19.4. The minimum Gasteiger partial charge on any atom is -0.481 e. The van der Waals surface area contributed by atoms with Crippen LogP contribution in [0, 0.1) is 5.92 Å². The van der Waals surface area contributed by atoms with Crippen molar-refractivity contribution < 1.29 is 45.8 Å². The lowest BCUT2D eigenvalue weighted by Crippen LogP contribution is -2.45. The van der Waals surface area contributed by atoms with E-state index in [0.717, 1.165) is 12.1 Å². The number of aliphatic carboxylic acids is 1. The second-order valence-corrected chi connectivity index (χ2v) is 6.00. The van der Waals surface area contributed by atoms with E-state index in [2.05, 4.69) is 0 Å². The van der Waals surface area contributed by atoms with E-state index < -0.39 is 42.1 Å². The van der Waals surface area contributed by atoms with E-state index in [-0.39, 0.29) is 18.5 Å². The fourth-order valence-corrected chi connectivity index (χ4v) is 2.20. The summed E-state index contributed by atoms with van der Waals surface area (Å²) in [5, 5.41) is 12.2. The van der Waals surface area contributed by atoms with Gasteiger partial charge in [-0.05, 0) is 30.5 Å². The number of carboxylic acid groups (broad SMARTS) is 1. The smallest absolute Gasteiger partial charge is 0.471 e. The first-order chi connectivity index (χ1) is 12.7. The zero-order valence-electron chi connectivity index (χ0n) is 14.3. The Hall–Kier alpha value is -2.79. The average Bonchev–Trinajstić information content (AvgIpc) is 2.54. The summed E-state index contributed by atoms with van der Waals surface area (Å²) in [6, 6.07) is 3.49. The van der Waals surface area contributed by atoms with E-state index >= 15 is 0 Å².